The van der Waals surface area contributed by atoms with E-state index in [2.05, 4.69) is 84.6 Å². The summed E-state index contributed by atoms with van der Waals surface area (Å²) in [7, 11) is 0. The summed E-state index contributed by atoms with van der Waals surface area (Å²) in [5.41, 5.74) is 5.17. The van der Waals surface area contributed by atoms with Crippen LogP contribution < -0.4 is 31.4 Å². The van der Waals surface area contributed by atoms with E-state index in [9.17, 15) is 18.8 Å². The number of halogens is 4. The van der Waals surface area contributed by atoms with Gasteiger partial charge in [0.1, 0.15) is 23.1 Å². The number of hydrogen-bond donors (Lipinski definition) is 5. The predicted octanol–water partition coefficient (Wildman–Crippen LogP) is 9.43. The standard InChI is InChI=1S/C25H22FN5O3.C8H5BrN2O.C8H6N2O.C2H4O2.Br2/c26-17-3-1-4-18(13-17)28-25(32)29-19-5-2-6-20(14-19)34-21-7-8-22-23(15-21)30-24(16-27-22)31-9-11-33-12-10-31;9-5-1-2-6-7(3-5)11-8(12)4-10-6;11-8-5-9-6-3-1-2-4-7(6)10-8;1-2(3)4;1-2/h1-8,13-16H,9-12H2,(H2,28,29,32);1-4H,(H,11,12);1-5H,(H,10,11);1H3,(H,3,4);. The Morgan fingerprint density at radius 2 is 1.30 bits per heavy atom. The van der Waals surface area contributed by atoms with Gasteiger partial charge in [0, 0.05) is 76.2 Å². The molecule has 324 valence electrons. The highest BCUT2D eigenvalue weighted by Gasteiger charge is 2.14. The van der Waals surface area contributed by atoms with E-state index in [0.29, 0.717) is 36.1 Å². The highest BCUT2D eigenvalue weighted by atomic mass is 80.9. The molecule has 1 saturated heterocycles. The first-order chi connectivity index (χ1) is 30.5. The Hall–Kier alpha value is -6.61. The first-order valence-corrected chi connectivity index (χ1v) is 23.1. The molecule has 4 heterocycles. The summed E-state index contributed by atoms with van der Waals surface area (Å²) in [4.78, 5) is 67.5. The zero-order valence-electron chi connectivity index (χ0n) is 33.1. The van der Waals surface area contributed by atoms with E-state index in [1.54, 1.807) is 36.5 Å². The Bertz CT molecular complexity index is 2910. The number of urea groups is 1. The van der Waals surface area contributed by atoms with Crippen molar-refractivity contribution in [1.29, 1.82) is 0 Å². The van der Waals surface area contributed by atoms with Gasteiger partial charge in [0.05, 0.1) is 64.9 Å². The van der Waals surface area contributed by atoms with E-state index in [0.717, 1.165) is 63.4 Å². The average Bonchev–Trinajstić information content (AvgIpc) is 3.27. The average molecular weight is 1050 g/mol. The lowest BCUT2D eigenvalue weighted by Crippen LogP contribution is -2.36. The third-order valence-corrected chi connectivity index (χ3v) is 8.76. The van der Waals surface area contributed by atoms with Crippen molar-refractivity contribution in [2.45, 2.75) is 6.92 Å². The highest BCUT2D eigenvalue weighted by molar-refractivity contribution is 9.93. The topological polar surface area (TPSA) is 217 Å². The van der Waals surface area contributed by atoms with Gasteiger partial charge in [0.25, 0.3) is 17.1 Å². The van der Waals surface area contributed by atoms with Crippen LogP contribution in [0.4, 0.5) is 26.4 Å². The van der Waals surface area contributed by atoms with E-state index >= 15 is 0 Å². The quantitative estimate of drug-likeness (QED) is 0.109. The number of nitrogens with one attached hydrogen (secondary N) is 4. The minimum atomic E-state index is -0.833. The molecule has 9 rings (SSSR count). The molecule has 63 heavy (non-hydrogen) atoms. The number of nitrogens with zero attached hydrogens (tertiary/aromatic N) is 5. The van der Waals surface area contributed by atoms with Gasteiger partial charge in [0.2, 0.25) is 0 Å². The number of anilines is 3. The van der Waals surface area contributed by atoms with Gasteiger partial charge in [-0.1, -0.05) is 40.2 Å². The molecule has 0 unspecified atom stereocenters. The van der Waals surface area contributed by atoms with Crippen LogP contribution in [0.25, 0.3) is 33.1 Å². The lowest BCUT2D eigenvalue weighted by atomic mass is 10.2. The number of aromatic nitrogens is 6. The van der Waals surface area contributed by atoms with Crippen molar-refractivity contribution in [2.24, 2.45) is 0 Å². The summed E-state index contributed by atoms with van der Waals surface area (Å²) in [6.07, 6.45) is 4.33. The van der Waals surface area contributed by atoms with Crippen LogP contribution in [0.2, 0.25) is 0 Å². The van der Waals surface area contributed by atoms with Crippen LogP contribution in [-0.2, 0) is 9.53 Å². The van der Waals surface area contributed by atoms with Crippen molar-refractivity contribution in [3.63, 3.8) is 0 Å². The molecule has 16 nitrogen and oxygen atoms in total. The summed E-state index contributed by atoms with van der Waals surface area (Å²) in [5.74, 6) is 0.691. The van der Waals surface area contributed by atoms with Crippen LogP contribution in [0.1, 0.15) is 6.92 Å². The van der Waals surface area contributed by atoms with Crippen molar-refractivity contribution < 1.29 is 28.6 Å². The van der Waals surface area contributed by atoms with E-state index in [1.807, 2.05) is 60.7 Å². The Labute approximate surface area is 381 Å². The SMILES string of the molecule is BrBr.CC(=O)O.O=C(Nc1cccc(F)c1)Nc1cccc(Oc2ccc3ncc(N4CCOCC4)nc3c2)c1.O=c1cnc2ccc(Br)cc2[nH]1.O=c1cnc2ccccc2[nH]1. The number of ether oxygens (including phenoxy) is 2. The zero-order valence-corrected chi connectivity index (χ0v) is 37.9. The van der Waals surface area contributed by atoms with Crippen molar-refractivity contribution in [1.82, 2.24) is 29.9 Å². The number of hydrogen-bond acceptors (Lipinski definition) is 11. The fraction of sp³-hybridized carbons (Fsp3) is 0.116. The maximum absolute atomic E-state index is 13.3. The number of carbonyl (C=O) groups is 2. The second-order valence-electron chi connectivity index (χ2n) is 12.9. The Kier molecular flexibility index (Phi) is 18.2. The first-order valence-electron chi connectivity index (χ1n) is 18.6. The maximum Gasteiger partial charge on any atom is 0.323 e. The molecule has 5 N–H and O–H groups in total. The van der Waals surface area contributed by atoms with E-state index in [1.165, 1.54) is 30.6 Å². The molecule has 1 aliphatic heterocycles. The number of benzene rings is 5. The molecule has 20 heteroatoms. The number of para-hydroxylation sites is 2. The molecule has 1 aliphatic rings. The van der Waals surface area contributed by atoms with Gasteiger partial charge in [0.15, 0.2) is 0 Å². The predicted molar refractivity (Wildman–Crippen MR) is 252 cm³/mol. The van der Waals surface area contributed by atoms with Gasteiger partial charge in [-0.15, -0.1) is 0 Å². The Morgan fingerprint density at radius 3 is 2.00 bits per heavy atom. The number of carboxylic acids is 1. The van der Waals surface area contributed by atoms with Crippen LogP contribution in [0.3, 0.4) is 0 Å². The number of H-pyrrole nitrogens is 2. The largest absolute Gasteiger partial charge is 0.481 e. The van der Waals surface area contributed by atoms with Crippen LogP contribution in [-0.4, -0.2) is 73.3 Å². The summed E-state index contributed by atoms with van der Waals surface area (Å²) in [6.45, 7) is 3.99. The third kappa shape index (κ3) is 15.4. The molecule has 2 amide bonds. The minimum absolute atomic E-state index is 0.163. The molecule has 1 fully saturated rings. The lowest BCUT2D eigenvalue weighted by Gasteiger charge is -2.27. The zero-order chi connectivity index (χ0) is 45.1. The molecule has 0 radical (unpaired) electrons. The molecule has 0 aliphatic carbocycles. The first kappa shape index (κ1) is 47.4. The van der Waals surface area contributed by atoms with Gasteiger partial charge in [-0.3, -0.25) is 19.4 Å². The van der Waals surface area contributed by atoms with Crippen LogP contribution in [0.15, 0.2) is 142 Å². The minimum Gasteiger partial charge on any atom is -0.481 e. The van der Waals surface area contributed by atoms with Crippen LogP contribution in [0.5, 0.6) is 11.5 Å². The van der Waals surface area contributed by atoms with E-state index in [4.69, 9.17) is 24.4 Å². The van der Waals surface area contributed by atoms with Crippen molar-refractivity contribution >= 4 is 106 Å². The number of carboxylic acid groups (broad SMARTS) is 1. The summed E-state index contributed by atoms with van der Waals surface area (Å²) in [6, 6.07) is 30.7. The normalized spacial score (nSPS) is 11.5. The smallest absolute Gasteiger partial charge is 0.323 e. The molecule has 0 spiro atoms. The van der Waals surface area contributed by atoms with Gasteiger partial charge in [-0.2, -0.15) is 0 Å². The second-order valence-corrected chi connectivity index (χ2v) is 13.8. The molecule has 8 aromatic rings. The summed E-state index contributed by atoms with van der Waals surface area (Å²) in [5, 5.41) is 12.7. The number of fused-ring (bicyclic) bond motifs is 3. The summed E-state index contributed by atoms with van der Waals surface area (Å²) >= 11 is 8.81. The number of aliphatic carboxylic acids is 1. The molecule has 3 aromatic heterocycles. The Morgan fingerprint density at radius 1 is 0.714 bits per heavy atom. The van der Waals surface area contributed by atoms with Crippen LogP contribution in [0, 0.1) is 5.82 Å². The number of aromatic amines is 2. The number of rotatable bonds is 5. The fourth-order valence-electron chi connectivity index (χ4n) is 5.62. The van der Waals surface area contributed by atoms with Gasteiger partial charge in [-0.05, 0) is 72.8 Å². The van der Waals surface area contributed by atoms with Crippen molar-refractivity contribution in [3.05, 3.63) is 159 Å². The molecule has 0 bridgehead atoms. The Balaban J connectivity index is 0.000000208. The maximum atomic E-state index is 13.3. The van der Waals surface area contributed by atoms with Crippen LogP contribution >= 0.6 is 44.2 Å². The lowest BCUT2D eigenvalue weighted by molar-refractivity contribution is -0.134. The summed E-state index contributed by atoms with van der Waals surface area (Å²) < 4.78 is 25.7. The fourth-order valence-corrected chi connectivity index (χ4v) is 5.98. The second kappa shape index (κ2) is 24.1. The molecule has 0 saturated carbocycles. The molecule has 0 atom stereocenters. The highest BCUT2D eigenvalue weighted by Crippen LogP contribution is 2.27. The third-order valence-electron chi connectivity index (χ3n) is 8.27. The molecule has 5 aromatic carbocycles. The molecular formula is C43H37Br3FN9O7. The number of amides is 2. The van der Waals surface area contributed by atoms with Gasteiger partial charge >= 0.3 is 6.03 Å². The van der Waals surface area contributed by atoms with Gasteiger partial charge in [-0.25, -0.2) is 24.1 Å². The number of carbonyl (C=O) groups excluding carboxylic acids is 1. The number of morpholine rings is 1. The van der Waals surface area contributed by atoms with Crippen molar-refractivity contribution in [3.8, 4) is 11.5 Å². The van der Waals surface area contributed by atoms with Gasteiger partial charge < -0.3 is 40.1 Å². The van der Waals surface area contributed by atoms with Crippen molar-refractivity contribution in [2.75, 3.05) is 41.8 Å². The molecular weight excluding hydrogens is 1010 g/mol. The van der Waals surface area contributed by atoms with E-state index in [-0.39, 0.29) is 11.1 Å². The van der Waals surface area contributed by atoms with E-state index < -0.39 is 17.8 Å². The monoisotopic (exact) mass is 1050 g/mol.